The maximum absolute atomic E-state index is 13.5. The third-order valence-corrected chi connectivity index (χ3v) is 6.88. The minimum absolute atomic E-state index is 0.210. The van der Waals surface area contributed by atoms with Crippen molar-refractivity contribution >= 4 is 40.7 Å². The van der Waals surface area contributed by atoms with Crippen LogP contribution in [-0.2, 0) is 0 Å². The van der Waals surface area contributed by atoms with Crippen LogP contribution in [-0.4, -0.2) is 31.0 Å². The van der Waals surface area contributed by atoms with Crippen molar-refractivity contribution in [1.82, 2.24) is 10.6 Å². The van der Waals surface area contributed by atoms with E-state index < -0.39 is 0 Å². The molecule has 0 aromatic heterocycles. The monoisotopic (exact) mass is 577 g/mol. The summed E-state index contributed by atoms with van der Waals surface area (Å²) in [5, 5.41) is 17.8. The van der Waals surface area contributed by atoms with Crippen molar-refractivity contribution in [2.45, 2.75) is 25.8 Å². The average molecular weight is 579 g/mol. The van der Waals surface area contributed by atoms with Gasteiger partial charge in [-0.15, -0.1) is 0 Å². The molecule has 0 fully saturated rings. The van der Waals surface area contributed by atoms with E-state index >= 15 is 0 Å². The number of hydrogen-bond acceptors (Lipinski definition) is 4. The molecule has 208 valence electrons. The first-order valence-corrected chi connectivity index (χ1v) is 13.4. The molecule has 0 saturated carbocycles. The summed E-state index contributed by atoms with van der Waals surface area (Å²) in [6, 6.07) is 15.5. The Hall–Kier alpha value is -4.00. The number of carbonyl (C=O) groups is 1. The number of carbonyl (C=O) groups excluding carboxylic acids is 1. The predicted molar refractivity (Wildman–Crippen MR) is 167 cm³/mol. The van der Waals surface area contributed by atoms with E-state index in [4.69, 9.17) is 27.9 Å². The molecule has 0 spiro atoms. The van der Waals surface area contributed by atoms with Crippen molar-refractivity contribution in [3.63, 3.8) is 0 Å². The predicted octanol–water partition coefficient (Wildman–Crippen LogP) is 8.13. The van der Waals surface area contributed by atoms with Crippen molar-refractivity contribution in [2.24, 2.45) is 4.99 Å². The quantitative estimate of drug-likeness (QED) is 0.0929. The third kappa shape index (κ3) is 6.95. The van der Waals surface area contributed by atoms with E-state index in [0.29, 0.717) is 61.6 Å². The molecule has 8 heteroatoms. The first-order valence-electron chi connectivity index (χ1n) is 12.7. The Morgan fingerprint density at radius 1 is 1.12 bits per heavy atom. The second kappa shape index (κ2) is 13.9. The van der Waals surface area contributed by atoms with Crippen LogP contribution in [0.25, 0.3) is 16.9 Å². The van der Waals surface area contributed by atoms with E-state index in [1.807, 2.05) is 19.1 Å². The normalized spacial score (nSPS) is 11.9. The van der Waals surface area contributed by atoms with Gasteiger partial charge in [0.1, 0.15) is 17.3 Å². The SMILES string of the molecule is C=CC(=C)NC(=NC)c1cccc(Cl)c1-c1ccc(C(=O)NC(CCC)c2ccc(Cl)cc2OC)cc1C(=C)O. The third-order valence-electron chi connectivity index (χ3n) is 6.33. The molecule has 0 radical (unpaired) electrons. The Labute approximate surface area is 245 Å². The number of aliphatic hydroxyl groups is 1. The van der Waals surface area contributed by atoms with Gasteiger partial charge in [0.25, 0.3) is 5.91 Å². The van der Waals surface area contributed by atoms with Gasteiger partial charge in [-0.2, -0.15) is 0 Å². The molecule has 3 rings (SSSR count). The van der Waals surface area contributed by atoms with Gasteiger partial charge in [-0.05, 0) is 48.4 Å². The molecular weight excluding hydrogens is 545 g/mol. The number of amides is 1. The van der Waals surface area contributed by atoms with E-state index in [9.17, 15) is 9.90 Å². The molecule has 1 unspecified atom stereocenters. The number of halogens is 2. The fraction of sp³-hybridized carbons (Fsp3) is 0.188. The van der Waals surface area contributed by atoms with Gasteiger partial charge < -0.3 is 20.5 Å². The number of amidine groups is 1. The summed E-state index contributed by atoms with van der Waals surface area (Å²) < 4.78 is 5.52. The minimum Gasteiger partial charge on any atom is -0.508 e. The number of ether oxygens (including phenoxy) is 1. The van der Waals surface area contributed by atoms with Crippen molar-refractivity contribution < 1.29 is 14.6 Å². The number of allylic oxidation sites excluding steroid dienone is 1. The Morgan fingerprint density at radius 3 is 2.50 bits per heavy atom. The lowest BCUT2D eigenvalue weighted by molar-refractivity contribution is 0.0934. The molecule has 0 aliphatic rings. The molecule has 1 atom stereocenters. The zero-order chi connectivity index (χ0) is 29.4. The molecule has 0 saturated heterocycles. The maximum Gasteiger partial charge on any atom is 0.251 e. The Bertz CT molecular complexity index is 1480. The number of aliphatic hydroxyl groups excluding tert-OH is 1. The number of rotatable bonds is 11. The summed E-state index contributed by atoms with van der Waals surface area (Å²) in [4.78, 5) is 17.8. The molecule has 3 aromatic carbocycles. The van der Waals surface area contributed by atoms with Crippen molar-refractivity contribution in [1.29, 1.82) is 0 Å². The van der Waals surface area contributed by atoms with Crippen LogP contribution in [0.5, 0.6) is 5.75 Å². The van der Waals surface area contributed by atoms with Crippen LogP contribution in [0.15, 0.2) is 91.1 Å². The van der Waals surface area contributed by atoms with Crippen LogP contribution in [0.1, 0.15) is 52.9 Å². The molecule has 6 nitrogen and oxygen atoms in total. The maximum atomic E-state index is 13.5. The summed E-state index contributed by atoms with van der Waals surface area (Å²) in [6.45, 7) is 13.4. The van der Waals surface area contributed by atoms with E-state index in [2.05, 4.69) is 35.4 Å². The van der Waals surface area contributed by atoms with Gasteiger partial charge in [-0.1, -0.05) is 80.5 Å². The van der Waals surface area contributed by atoms with Gasteiger partial charge in [-0.25, -0.2) is 0 Å². The van der Waals surface area contributed by atoms with Crippen LogP contribution in [0.4, 0.5) is 0 Å². The summed E-state index contributed by atoms with van der Waals surface area (Å²) in [5.41, 5.74) is 3.96. The summed E-state index contributed by atoms with van der Waals surface area (Å²) >= 11 is 12.8. The number of aliphatic imine (C=N–C) groups is 1. The number of methoxy groups -OCH3 is 1. The average Bonchev–Trinajstić information content (AvgIpc) is 2.95. The van der Waals surface area contributed by atoms with E-state index in [1.54, 1.807) is 62.7 Å². The number of hydrogen-bond donors (Lipinski definition) is 3. The fourth-order valence-corrected chi connectivity index (χ4v) is 4.83. The molecule has 0 aliphatic carbocycles. The molecular formula is C32H33Cl2N3O3. The molecule has 0 heterocycles. The highest BCUT2D eigenvalue weighted by Gasteiger charge is 2.22. The molecule has 3 N–H and O–H groups in total. The lowest BCUT2D eigenvalue weighted by Crippen LogP contribution is -2.29. The second-order valence-corrected chi connectivity index (χ2v) is 9.84. The van der Waals surface area contributed by atoms with Crippen LogP contribution in [0, 0.1) is 0 Å². The summed E-state index contributed by atoms with van der Waals surface area (Å²) in [5.74, 6) is 0.582. The van der Waals surface area contributed by atoms with Gasteiger partial charge in [0, 0.05) is 50.6 Å². The first kappa shape index (κ1) is 30.5. The van der Waals surface area contributed by atoms with Crippen LogP contribution < -0.4 is 15.4 Å². The lowest BCUT2D eigenvalue weighted by Gasteiger charge is -2.22. The van der Waals surface area contributed by atoms with Crippen LogP contribution in [0.3, 0.4) is 0 Å². The molecule has 40 heavy (non-hydrogen) atoms. The second-order valence-electron chi connectivity index (χ2n) is 9.00. The zero-order valence-electron chi connectivity index (χ0n) is 22.9. The highest BCUT2D eigenvalue weighted by molar-refractivity contribution is 6.34. The number of nitrogens with one attached hydrogen (secondary N) is 2. The lowest BCUT2D eigenvalue weighted by atomic mass is 9.92. The molecule has 0 bridgehead atoms. The van der Waals surface area contributed by atoms with Gasteiger partial charge in [0.2, 0.25) is 0 Å². The van der Waals surface area contributed by atoms with Crippen molar-refractivity contribution in [3.8, 4) is 16.9 Å². The van der Waals surface area contributed by atoms with Crippen LogP contribution in [0.2, 0.25) is 10.0 Å². The number of nitrogens with zero attached hydrogens (tertiary/aromatic N) is 1. The van der Waals surface area contributed by atoms with Crippen LogP contribution >= 0.6 is 23.2 Å². The largest absolute Gasteiger partial charge is 0.508 e. The fourth-order valence-electron chi connectivity index (χ4n) is 4.39. The molecule has 1 amide bonds. The number of benzene rings is 3. The standard InChI is InChI=1S/C32H33Cl2N3O3/c1-7-10-28(24-16-14-22(33)18-29(24)40-6)37-32(39)21-13-15-23(26(17-21)20(4)38)30-25(11-9-12-27(30)34)31(35-5)36-19(3)8-2/h8-9,11-18,28,38H,2-4,7,10H2,1,5-6H3,(H,35,36)(H,37,39). The minimum atomic E-state index is -0.316. The van der Waals surface area contributed by atoms with Gasteiger partial charge >= 0.3 is 0 Å². The van der Waals surface area contributed by atoms with E-state index in [-0.39, 0.29) is 17.7 Å². The highest BCUT2D eigenvalue weighted by atomic mass is 35.5. The van der Waals surface area contributed by atoms with Gasteiger partial charge in [0.05, 0.1) is 13.2 Å². The van der Waals surface area contributed by atoms with Crippen molar-refractivity contribution in [2.75, 3.05) is 14.2 Å². The molecule has 0 aliphatic heterocycles. The van der Waals surface area contributed by atoms with Gasteiger partial charge in [0.15, 0.2) is 0 Å². The topological polar surface area (TPSA) is 83.0 Å². The zero-order valence-corrected chi connectivity index (χ0v) is 24.4. The Balaban J connectivity index is 2.06. The summed E-state index contributed by atoms with van der Waals surface area (Å²) in [7, 11) is 3.21. The highest BCUT2D eigenvalue weighted by Crippen LogP contribution is 2.37. The first-order chi connectivity index (χ1) is 19.1. The van der Waals surface area contributed by atoms with Gasteiger partial charge in [-0.3, -0.25) is 9.79 Å². The Morgan fingerprint density at radius 2 is 1.88 bits per heavy atom. The molecule has 3 aromatic rings. The Kier molecular flexibility index (Phi) is 10.6. The van der Waals surface area contributed by atoms with E-state index in [1.165, 1.54) is 0 Å². The van der Waals surface area contributed by atoms with Crippen molar-refractivity contribution in [3.05, 3.63) is 118 Å². The van der Waals surface area contributed by atoms with E-state index in [0.717, 1.165) is 12.0 Å². The summed E-state index contributed by atoms with van der Waals surface area (Å²) in [6.07, 6.45) is 3.10. The smallest absolute Gasteiger partial charge is 0.251 e.